The van der Waals surface area contributed by atoms with E-state index in [-0.39, 0.29) is 57.1 Å². The van der Waals surface area contributed by atoms with Crippen molar-refractivity contribution >= 4 is 21.4 Å². The summed E-state index contributed by atoms with van der Waals surface area (Å²) in [6.07, 6.45) is 12.3. The number of benzene rings is 1. The third-order valence-electron chi connectivity index (χ3n) is 16.9. The van der Waals surface area contributed by atoms with Gasteiger partial charge in [-0.05, 0) is 139 Å². The zero-order chi connectivity index (χ0) is 36.8. The maximum absolute atomic E-state index is 12.0. The SMILES string of the molecule is CC(O)(CO)C1CCC2(NCCN3CCS(=O)(=O)CC3)CCC3(C)C(CCC4C5(C)CC=C(c6ccc(C(=O)O)cc6)C(C)(C)C5CCC43C)C12. The minimum atomic E-state index is -2.91. The van der Waals surface area contributed by atoms with Gasteiger partial charge in [-0.1, -0.05) is 52.8 Å². The molecule has 1 aromatic rings. The Labute approximate surface area is 306 Å². The van der Waals surface area contributed by atoms with Gasteiger partial charge in [0.2, 0.25) is 0 Å². The van der Waals surface area contributed by atoms with Gasteiger partial charge in [-0.2, -0.15) is 0 Å². The number of nitrogens with one attached hydrogen (secondary N) is 1. The normalized spacial score (nSPS) is 42.7. The van der Waals surface area contributed by atoms with Crippen molar-refractivity contribution in [3.63, 3.8) is 0 Å². The van der Waals surface area contributed by atoms with Crippen molar-refractivity contribution in [2.24, 2.45) is 51.2 Å². The van der Waals surface area contributed by atoms with E-state index in [0.717, 1.165) is 57.2 Å². The van der Waals surface area contributed by atoms with Crippen molar-refractivity contribution in [1.82, 2.24) is 10.2 Å². The molecular weight excluding hydrogens is 661 g/mol. The number of rotatable bonds is 8. The number of aliphatic hydroxyl groups excluding tert-OH is 1. The Morgan fingerprint density at radius 2 is 1.61 bits per heavy atom. The minimum Gasteiger partial charge on any atom is -0.478 e. The average Bonchev–Trinajstić information content (AvgIpc) is 3.46. The van der Waals surface area contributed by atoms with Gasteiger partial charge >= 0.3 is 5.97 Å². The molecule has 0 bridgehead atoms. The summed E-state index contributed by atoms with van der Waals surface area (Å²) in [5, 5.41) is 35.9. The molecule has 10 unspecified atom stereocenters. The van der Waals surface area contributed by atoms with Crippen LogP contribution in [0.15, 0.2) is 30.3 Å². The second-order valence-corrected chi connectivity index (χ2v) is 21.7. The van der Waals surface area contributed by atoms with Gasteiger partial charge in [0.1, 0.15) is 0 Å². The molecule has 0 radical (unpaired) electrons. The maximum Gasteiger partial charge on any atom is 0.335 e. The molecule has 1 saturated heterocycles. The van der Waals surface area contributed by atoms with Crippen LogP contribution in [0.1, 0.15) is 115 Å². The Morgan fingerprint density at radius 1 is 0.922 bits per heavy atom. The lowest BCUT2D eigenvalue weighted by molar-refractivity contribution is -0.227. The maximum atomic E-state index is 12.0. The van der Waals surface area contributed by atoms with E-state index in [1.807, 2.05) is 19.1 Å². The fourth-order valence-electron chi connectivity index (χ4n) is 14.0. The number of allylic oxidation sites excluding steroid dienone is 2. The first-order valence-corrected chi connectivity index (χ1v) is 21.7. The van der Waals surface area contributed by atoms with Crippen LogP contribution in [0, 0.1) is 51.2 Å². The summed E-state index contributed by atoms with van der Waals surface area (Å²) in [4.78, 5) is 13.8. The van der Waals surface area contributed by atoms with E-state index in [9.17, 15) is 28.5 Å². The minimum absolute atomic E-state index is 0.0263. The number of fused-ring (bicyclic) bond motifs is 7. The van der Waals surface area contributed by atoms with Crippen LogP contribution >= 0.6 is 0 Å². The summed E-state index contributed by atoms with van der Waals surface area (Å²) in [6.45, 7) is 17.2. The standard InChI is InChI=1S/C42H64N2O6S/c1-37(2)30(28-7-9-29(10-8-28)36(46)47)13-16-38(3)33(37)15-17-40(5)34(38)12-11-31-35-32(41(6,48)27-45)14-18-42(35,20-19-39(31,40)4)43-21-22-44-23-25-51(49,50)26-24-44/h7-10,13,31-35,43,45,48H,11-12,14-27H2,1-6H3,(H,46,47). The van der Waals surface area contributed by atoms with E-state index in [0.29, 0.717) is 36.4 Å². The molecule has 0 aromatic heterocycles. The van der Waals surface area contributed by atoms with Crippen molar-refractivity contribution in [2.75, 3.05) is 44.3 Å². The Morgan fingerprint density at radius 3 is 2.25 bits per heavy atom. The Bertz CT molecular complexity index is 1640. The number of aliphatic hydroxyl groups is 2. The van der Waals surface area contributed by atoms with Crippen LogP contribution in [-0.2, 0) is 9.84 Å². The zero-order valence-electron chi connectivity index (χ0n) is 32.0. The lowest BCUT2D eigenvalue weighted by atomic mass is 9.32. The van der Waals surface area contributed by atoms with Crippen LogP contribution in [0.2, 0.25) is 0 Å². The molecule has 4 saturated carbocycles. The van der Waals surface area contributed by atoms with Crippen molar-refractivity contribution in [1.29, 1.82) is 0 Å². The summed E-state index contributed by atoms with van der Waals surface area (Å²) in [5.74, 6) is 1.44. The fraction of sp³-hybridized carbons (Fsp3) is 0.786. The molecule has 0 amide bonds. The predicted molar refractivity (Wildman–Crippen MR) is 202 cm³/mol. The van der Waals surface area contributed by atoms with Crippen LogP contribution in [0.4, 0.5) is 0 Å². The van der Waals surface area contributed by atoms with Gasteiger partial charge in [0, 0.05) is 31.7 Å². The van der Waals surface area contributed by atoms with E-state index < -0.39 is 21.4 Å². The van der Waals surface area contributed by atoms with Crippen molar-refractivity contribution in [3.05, 3.63) is 41.5 Å². The highest BCUT2D eigenvalue weighted by atomic mass is 32.2. The lowest BCUT2D eigenvalue weighted by Gasteiger charge is -2.72. The molecule has 1 heterocycles. The summed E-state index contributed by atoms with van der Waals surface area (Å²) in [5.41, 5.74) is 1.96. The van der Waals surface area contributed by atoms with Gasteiger partial charge < -0.3 is 25.5 Å². The van der Waals surface area contributed by atoms with Crippen molar-refractivity contribution < 1.29 is 28.5 Å². The predicted octanol–water partition coefficient (Wildman–Crippen LogP) is 6.28. The summed E-state index contributed by atoms with van der Waals surface area (Å²) in [6, 6.07) is 7.48. The fourth-order valence-corrected chi connectivity index (χ4v) is 15.3. The molecular formula is C42H64N2O6S. The molecule has 6 aliphatic rings. The number of sulfone groups is 1. The number of carbonyl (C=O) groups is 1. The average molecular weight is 725 g/mol. The number of carboxylic acids is 1. The number of hydrogen-bond donors (Lipinski definition) is 4. The smallest absolute Gasteiger partial charge is 0.335 e. The summed E-state index contributed by atoms with van der Waals surface area (Å²) >= 11 is 0. The number of hydrogen-bond acceptors (Lipinski definition) is 7. The van der Waals surface area contributed by atoms with Gasteiger partial charge in [-0.25, -0.2) is 13.2 Å². The second-order valence-electron chi connectivity index (χ2n) is 19.4. The van der Waals surface area contributed by atoms with Gasteiger partial charge in [-0.3, -0.25) is 0 Å². The molecule has 51 heavy (non-hydrogen) atoms. The Kier molecular flexibility index (Phi) is 9.30. The summed E-state index contributed by atoms with van der Waals surface area (Å²) in [7, 11) is -2.91. The first kappa shape index (κ1) is 37.5. The van der Waals surface area contributed by atoms with Crippen LogP contribution in [-0.4, -0.2) is 90.0 Å². The molecule has 0 spiro atoms. The van der Waals surface area contributed by atoms with E-state index in [2.05, 4.69) is 50.9 Å². The first-order chi connectivity index (χ1) is 23.8. The molecule has 284 valence electrons. The monoisotopic (exact) mass is 724 g/mol. The Hall–Kier alpha value is -1.78. The molecule has 10 atom stereocenters. The molecule has 1 aliphatic heterocycles. The number of nitrogens with zero attached hydrogens (tertiary/aromatic N) is 1. The van der Waals surface area contributed by atoms with Crippen molar-refractivity contribution in [2.45, 2.75) is 110 Å². The summed E-state index contributed by atoms with van der Waals surface area (Å²) < 4.78 is 24.1. The highest BCUT2D eigenvalue weighted by molar-refractivity contribution is 7.91. The first-order valence-electron chi connectivity index (χ1n) is 19.9. The van der Waals surface area contributed by atoms with Crippen LogP contribution < -0.4 is 5.32 Å². The van der Waals surface area contributed by atoms with E-state index >= 15 is 0 Å². The molecule has 9 heteroatoms. The molecule has 8 nitrogen and oxygen atoms in total. The van der Waals surface area contributed by atoms with Gasteiger partial charge in [0.25, 0.3) is 0 Å². The largest absolute Gasteiger partial charge is 0.478 e. The zero-order valence-corrected chi connectivity index (χ0v) is 32.8. The molecule has 1 aromatic carbocycles. The topological polar surface area (TPSA) is 127 Å². The Balaban J connectivity index is 1.17. The van der Waals surface area contributed by atoms with Gasteiger partial charge in [0.05, 0.1) is 29.3 Å². The molecule has 5 fully saturated rings. The van der Waals surface area contributed by atoms with Crippen LogP contribution in [0.25, 0.3) is 5.57 Å². The molecule has 4 N–H and O–H groups in total. The highest BCUT2D eigenvalue weighted by Gasteiger charge is 2.71. The van der Waals surface area contributed by atoms with E-state index in [1.54, 1.807) is 12.1 Å². The number of carboxylic acid groups (broad SMARTS) is 1. The van der Waals surface area contributed by atoms with Crippen LogP contribution in [0.3, 0.4) is 0 Å². The number of aromatic carboxylic acids is 1. The molecule has 5 aliphatic carbocycles. The van der Waals surface area contributed by atoms with Crippen LogP contribution in [0.5, 0.6) is 0 Å². The van der Waals surface area contributed by atoms with Gasteiger partial charge in [-0.15, -0.1) is 0 Å². The van der Waals surface area contributed by atoms with Gasteiger partial charge in [0.15, 0.2) is 9.84 Å². The lowest BCUT2D eigenvalue weighted by Crippen LogP contribution is -2.69. The quantitative estimate of drug-likeness (QED) is 0.247. The van der Waals surface area contributed by atoms with Crippen molar-refractivity contribution in [3.8, 4) is 0 Å². The molecule has 7 rings (SSSR count). The van der Waals surface area contributed by atoms with E-state index in [1.165, 1.54) is 24.8 Å². The third-order valence-corrected chi connectivity index (χ3v) is 18.5. The van der Waals surface area contributed by atoms with E-state index in [4.69, 9.17) is 0 Å². The second kappa shape index (κ2) is 12.6. The highest BCUT2D eigenvalue weighted by Crippen LogP contribution is 2.76. The third kappa shape index (κ3) is 5.80.